The summed E-state index contributed by atoms with van der Waals surface area (Å²) in [5.41, 5.74) is -0.306. The number of nitrogens with zero attached hydrogens (tertiary/aromatic N) is 1. The zero-order valence-corrected chi connectivity index (χ0v) is 16.6. The van der Waals surface area contributed by atoms with Crippen LogP contribution in [0.1, 0.15) is 56.1 Å². The first kappa shape index (κ1) is 17.7. The minimum atomic E-state index is -0.367. The molecule has 2 fully saturated rings. The molecule has 1 N–H and O–H groups in total. The summed E-state index contributed by atoms with van der Waals surface area (Å²) in [6.45, 7) is 5.79. The third-order valence-electron chi connectivity index (χ3n) is 4.45. The number of halogens is 1. The van der Waals surface area contributed by atoms with Crippen molar-refractivity contribution < 1.29 is 14.3 Å². The molecule has 0 saturated carbocycles. The third-order valence-corrected chi connectivity index (χ3v) is 6.13. The number of ether oxygens (including phenoxy) is 1. The van der Waals surface area contributed by atoms with Crippen molar-refractivity contribution in [3.05, 3.63) is 20.8 Å². The molecule has 2 amide bonds. The third kappa shape index (κ3) is 3.94. The van der Waals surface area contributed by atoms with Crippen molar-refractivity contribution in [1.29, 1.82) is 0 Å². The summed E-state index contributed by atoms with van der Waals surface area (Å²) >= 11 is 4.87. The molecular formula is C17H23BrN2O3S. The van der Waals surface area contributed by atoms with E-state index >= 15 is 0 Å². The van der Waals surface area contributed by atoms with Gasteiger partial charge in [0.05, 0.1) is 4.88 Å². The van der Waals surface area contributed by atoms with Crippen LogP contribution in [0, 0.1) is 0 Å². The summed E-state index contributed by atoms with van der Waals surface area (Å²) in [5, 5.41) is 4.77. The molecule has 5 nitrogen and oxygen atoms in total. The molecular weight excluding hydrogens is 392 g/mol. The maximum absolute atomic E-state index is 12.8. The molecule has 2 saturated heterocycles. The lowest BCUT2D eigenvalue weighted by Gasteiger charge is -2.38. The zero-order valence-electron chi connectivity index (χ0n) is 14.2. The maximum atomic E-state index is 12.8. The van der Waals surface area contributed by atoms with E-state index in [9.17, 15) is 9.59 Å². The summed E-state index contributed by atoms with van der Waals surface area (Å²) in [6, 6.07) is 2.22. The summed E-state index contributed by atoms with van der Waals surface area (Å²) in [6.07, 6.45) is 2.96. The predicted molar refractivity (Wildman–Crippen MR) is 97.4 cm³/mol. The Labute approximate surface area is 154 Å². The molecule has 0 aromatic carbocycles. The van der Waals surface area contributed by atoms with Gasteiger partial charge >= 0.3 is 6.09 Å². The quantitative estimate of drug-likeness (QED) is 0.789. The smallest absolute Gasteiger partial charge is 0.407 e. The van der Waals surface area contributed by atoms with Gasteiger partial charge in [-0.3, -0.25) is 4.79 Å². The molecule has 3 rings (SSSR count). The van der Waals surface area contributed by atoms with Gasteiger partial charge in [-0.25, -0.2) is 4.79 Å². The van der Waals surface area contributed by atoms with Gasteiger partial charge in [-0.15, -0.1) is 11.3 Å². The second-order valence-corrected chi connectivity index (χ2v) is 9.43. The number of thiophene rings is 1. The molecule has 0 radical (unpaired) electrons. The first-order valence-corrected chi connectivity index (χ1v) is 9.96. The second-order valence-electron chi connectivity index (χ2n) is 7.60. The van der Waals surface area contributed by atoms with Crippen molar-refractivity contribution in [2.24, 2.45) is 0 Å². The topological polar surface area (TPSA) is 58.6 Å². The van der Waals surface area contributed by atoms with Crippen LogP contribution < -0.4 is 5.32 Å². The minimum absolute atomic E-state index is 0.107. The number of piperidine rings is 1. The van der Waals surface area contributed by atoms with Gasteiger partial charge < -0.3 is 15.0 Å². The highest BCUT2D eigenvalue weighted by atomic mass is 79.9. The van der Waals surface area contributed by atoms with Crippen LogP contribution in [0.4, 0.5) is 4.79 Å². The highest BCUT2D eigenvalue weighted by molar-refractivity contribution is 9.10. The lowest BCUT2D eigenvalue weighted by atomic mass is 9.99. The summed E-state index contributed by atoms with van der Waals surface area (Å²) in [7, 11) is 0. The molecule has 0 spiro atoms. The SMILES string of the molecule is CC(C)(C)NC(=O)OC1CC2CCC(C1)N2C(=O)c1cc(Br)cs1. The Hall–Kier alpha value is -1.08. The van der Waals surface area contributed by atoms with Crippen LogP contribution in [0.15, 0.2) is 15.9 Å². The Bertz CT molecular complexity index is 626. The van der Waals surface area contributed by atoms with Gasteiger partial charge in [0, 0.05) is 40.3 Å². The standard InChI is InChI=1S/C17H23BrN2O3S/c1-17(2,3)19-16(22)23-13-7-11-4-5-12(8-13)20(11)15(21)14-6-10(18)9-24-14/h6,9,11-13H,4-5,7-8H2,1-3H3,(H,19,22). The monoisotopic (exact) mass is 414 g/mol. The molecule has 2 bridgehead atoms. The molecule has 2 aliphatic heterocycles. The first-order valence-electron chi connectivity index (χ1n) is 8.28. The van der Waals surface area contributed by atoms with Crippen molar-refractivity contribution in [2.45, 2.75) is 70.2 Å². The highest BCUT2D eigenvalue weighted by Gasteiger charge is 2.45. The van der Waals surface area contributed by atoms with E-state index in [1.54, 1.807) is 0 Å². The van der Waals surface area contributed by atoms with Gasteiger partial charge in [-0.2, -0.15) is 0 Å². The fourth-order valence-corrected chi connectivity index (χ4v) is 4.96. The number of hydrogen-bond donors (Lipinski definition) is 1. The van der Waals surface area contributed by atoms with Crippen molar-refractivity contribution >= 4 is 39.3 Å². The molecule has 0 aliphatic carbocycles. The Kier molecular flexibility index (Phi) is 4.93. The van der Waals surface area contributed by atoms with E-state index in [1.165, 1.54) is 11.3 Å². The van der Waals surface area contributed by atoms with Crippen LogP contribution in [-0.2, 0) is 4.74 Å². The lowest BCUT2D eigenvalue weighted by Crippen LogP contribution is -2.50. The average molecular weight is 415 g/mol. The molecule has 2 aliphatic rings. The Morgan fingerprint density at radius 1 is 1.29 bits per heavy atom. The van der Waals surface area contributed by atoms with Gasteiger partial charge in [0.2, 0.25) is 0 Å². The number of nitrogens with one attached hydrogen (secondary N) is 1. The largest absolute Gasteiger partial charge is 0.446 e. The van der Waals surface area contributed by atoms with Crippen molar-refractivity contribution in [2.75, 3.05) is 0 Å². The number of rotatable bonds is 2. The van der Waals surface area contributed by atoms with E-state index in [1.807, 2.05) is 37.1 Å². The number of carbonyl (C=O) groups is 2. The van der Waals surface area contributed by atoms with Crippen LogP contribution in [0.5, 0.6) is 0 Å². The molecule has 24 heavy (non-hydrogen) atoms. The van der Waals surface area contributed by atoms with Crippen molar-refractivity contribution in [3.63, 3.8) is 0 Å². The predicted octanol–water partition coefficient (Wildman–Crippen LogP) is 4.17. The molecule has 1 aromatic rings. The van der Waals surface area contributed by atoms with E-state index in [0.29, 0.717) is 0 Å². The Balaban J connectivity index is 1.62. The lowest BCUT2D eigenvalue weighted by molar-refractivity contribution is 0.0164. The van der Waals surface area contributed by atoms with Crippen LogP contribution in [0.25, 0.3) is 0 Å². The highest BCUT2D eigenvalue weighted by Crippen LogP contribution is 2.38. The average Bonchev–Trinajstić information content (AvgIpc) is 2.98. The van der Waals surface area contributed by atoms with Crippen LogP contribution in [0.2, 0.25) is 0 Å². The molecule has 2 atom stereocenters. The van der Waals surface area contributed by atoms with Gasteiger partial charge in [-0.05, 0) is 55.6 Å². The fourth-order valence-electron chi connectivity index (χ4n) is 3.59. The van der Waals surface area contributed by atoms with Crippen LogP contribution in [0.3, 0.4) is 0 Å². The molecule has 7 heteroatoms. The molecule has 1 aromatic heterocycles. The van der Waals surface area contributed by atoms with E-state index < -0.39 is 0 Å². The molecule has 132 valence electrons. The second kappa shape index (κ2) is 6.67. The van der Waals surface area contributed by atoms with Crippen LogP contribution >= 0.6 is 27.3 Å². The number of amides is 2. The van der Waals surface area contributed by atoms with Gasteiger partial charge in [0.1, 0.15) is 6.10 Å². The maximum Gasteiger partial charge on any atom is 0.407 e. The van der Waals surface area contributed by atoms with E-state index in [-0.39, 0.29) is 35.7 Å². The summed E-state index contributed by atoms with van der Waals surface area (Å²) < 4.78 is 6.54. The van der Waals surface area contributed by atoms with Crippen molar-refractivity contribution in [1.82, 2.24) is 10.2 Å². The molecule has 2 unspecified atom stereocenters. The normalized spacial score (nSPS) is 26.3. The van der Waals surface area contributed by atoms with E-state index in [4.69, 9.17) is 4.74 Å². The Morgan fingerprint density at radius 3 is 2.42 bits per heavy atom. The van der Waals surface area contributed by atoms with Crippen molar-refractivity contribution in [3.8, 4) is 0 Å². The fraction of sp³-hybridized carbons (Fsp3) is 0.647. The molecule has 3 heterocycles. The summed E-state index contributed by atoms with van der Waals surface area (Å²) in [5.74, 6) is 0.107. The zero-order chi connectivity index (χ0) is 17.5. The number of hydrogen-bond acceptors (Lipinski definition) is 4. The van der Waals surface area contributed by atoms with Crippen LogP contribution in [-0.4, -0.2) is 40.6 Å². The van der Waals surface area contributed by atoms with E-state index in [0.717, 1.165) is 35.0 Å². The number of carbonyl (C=O) groups excluding carboxylic acids is 2. The van der Waals surface area contributed by atoms with Gasteiger partial charge in [0.25, 0.3) is 5.91 Å². The minimum Gasteiger partial charge on any atom is -0.446 e. The van der Waals surface area contributed by atoms with E-state index in [2.05, 4.69) is 21.2 Å². The van der Waals surface area contributed by atoms with Gasteiger partial charge in [-0.1, -0.05) is 0 Å². The summed E-state index contributed by atoms with van der Waals surface area (Å²) in [4.78, 5) is 27.5. The number of fused-ring (bicyclic) bond motifs is 2. The Morgan fingerprint density at radius 2 is 1.92 bits per heavy atom. The van der Waals surface area contributed by atoms with Gasteiger partial charge in [0.15, 0.2) is 0 Å². The number of alkyl carbamates (subject to hydrolysis) is 1. The first-order chi connectivity index (χ1) is 11.2.